The number of nitrogens with one attached hydrogen (secondary N) is 1. The van der Waals surface area contributed by atoms with Gasteiger partial charge in [-0.05, 0) is 57.0 Å². The van der Waals surface area contributed by atoms with Crippen LogP contribution in [-0.4, -0.2) is 24.5 Å². The maximum Gasteiger partial charge on any atom is 0.279 e. The van der Waals surface area contributed by atoms with Crippen molar-refractivity contribution in [2.45, 2.75) is 31.7 Å². The summed E-state index contributed by atoms with van der Waals surface area (Å²) in [7, 11) is 0. The molecule has 0 bridgehead atoms. The molecule has 0 spiro atoms. The van der Waals surface area contributed by atoms with Gasteiger partial charge < -0.3 is 10.5 Å². The molecule has 0 saturated heterocycles. The van der Waals surface area contributed by atoms with E-state index in [4.69, 9.17) is 5.73 Å². The zero-order valence-corrected chi connectivity index (χ0v) is 17.9. The summed E-state index contributed by atoms with van der Waals surface area (Å²) >= 11 is 1.13. The molecular weight excluding hydrogens is 417 g/mol. The number of benzene rings is 1. The van der Waals surface area contributed by atoms with Gasteiger partial charge in [-0.25, -0.2) is 19.3 Å². The molecule has 0 aliphatic carbocycles. The first kappa shape index (κ1) is 20.7. The third-order valence-corrected chi connectivity index (χ3v) is 5.47. The van der Waals surface area contributed by atoms with E-state index in [2.05, 4.69) is 24.7 Å². The summed E-state index contributed by atoms with van der Waals surface area (Å²) < 4.78 is 18.4. The molecular formula is C21H20FN7OS. The van der Waals surface area contributed by atoms with Crippen molar-refractivity contribution in [1.29, 1.82) is 0 Å². The first-order chi connectivity index (χ1) is 14.8. The average Bonchev–Trinajstić information content (AvgIpc) is 2.73. The van der Waals surface area contributed by atoms with Crippen molar-refractivity contribution in [3.8, 4) is 11.3 Å². The van der Waals surface area contributed by atoms with Gasteiger partial charge >= 0.3 is 0 Å². The summed E-state index contributed by atoms with van der Waals surface area (Å²) in [5.74, 6) is 0.304. The van der Waals surface area contributed by atoms with Gasteiger partial charge in [0.15, 0.2) is 5.65 Å². The zero-order chi connectivity index (χ0) is 22.1. The molecule has 0 amide bonds. The Morgan fingerprint density at radius 2 is 1.90 bits per heavy atom. The largest absolute Gasteiger partial charge is 0.368 e. The van der Waals surface area contributed by atoms with Crippen LogP contribution < -0.4 is 16.0 Å². The van der Waals surface area contributed by atoms with Crippen LogP contribution in [0.25, 0.3) is 22.4 Å². The van der Waals surface area contributed by atoms with E-state index in [9.17, 15) is 9.18 Å². The van der Waals surface area contributed by atoms with Gasteiger partial charge in [-0.3, -0.25) is 9.36 Å². The lowest BCUT2D eigenvalue weighted by Gasteiger charge is -2.15. The summed E-state index contributed by atoms with van der Waals surface area (Å²) in [6.07, 6.45) is 1.50. The number of hydrogen-bond donors (Lipinski definition) is 2. The molecule has 3 N–H and O–H groups in total. The molecule has 3 heterocycles. The highest BCUT2D eigenvalue weighted by Gasteiger charge is 2.18. The Morgan fingerprint density at radius 1 is 1.13 bits per heavy atom. The first-order valence-electron chi connectivity index (χ1n) is 9.55. The molecule has 1 aromatic carbocycles. The van der Waals surface area contributed by atoms with Crippen molar-refractivity contribution in [3.05, 3.63) is 64.5 Å². The predicted molar refractivity (Wildman–Crippen MR) is 120 cm³/mol. The zero-order valence-electron chi connectivity index (χ0n) is 17.1. The van der Waals surface area contributed by atoms with Crippen molar-refractivity contribution < 1.29 is 4.39 Å². The fourth-order valence-electron chi connectivity index (χ4n) is 3.17. The molecule has 31 heavy (non-hydrogen) atoms. The number of nitrogens with two attached hydrogens (primary N) is 1. The number of nitrogen functional groups attached to an aromatic ring is 1. The molecule has 0 aliphatic rings. The van der Waals surface area contributed by atoms with Gasteiger partial charge in [0, 0.05) is 17.3 Å². The minimum Gasteiger partial charge on any atom is -0.368 e. The van der Waals surface area contributed by atoms with E-state index < -0.39 is 0 Å². The highest BCUT2D eigenvalue weighted by molar-refractivity contribution is 8.00. The predicted octanol–water partition coefficient (Wildman–Crippen LogP) is 3.98. The maximum atomic E-state index is 13.8. The van der Waals surface area contributed by atoms with E-state index in [-0.39, 0.29) is 29.1 Å². The third-order valence-electron chi connectivity index (χ3n) is 4.61. The van der Waals surface area contributed by atoms with Gasteiger partial charge in [0.2, 0.25) is 5.95 Å². The van der Waals surface area contributed by atoms with Crippen LogP contribution >= 0.6 is 11.9 Å². The number of anilines is 2. The molecule has 0 radical (unpaired) electrons. The monoisotopic (exact) mass is 437 g/mol. The van der Waals surface area contributed by atoms with Crippen molar-refractivity contribution in [2.75, 3.05) is 10.5 Å². The number of hydrogen-bond acceptors (Lipinski definition) is 8. The molecule has 3 aromatic heterocycles. The number of nitrogens with zero attached hydrogens (tertiary/aromatic N) is 5. The Hall–Kier alpha value is -3.53. The quantitative estimate of drug-likeness (QED) is 0.451. The first-order valence-corrected chi connectivity index (χ1v) is 10.4. The normalized spacial score (nSPS) is 11.3. The van der Waals surface area contributed by atoms with Crippen molar-refractivity contribution >= 4 is 34.9 Å². The lowest BCUT2D eigenvalue weighted by molar-refractivity contribution is 0.593. The van der Waals surface area contributed by atoms with Crippen LogP contribution in [-0.2, 0) is 0 Å². The van der Waals surface area contributed by atoms with Crippen molar-refractivity contribution in [1.82, 2.24) is 24.5 Å². The maximum absolute atomic E-state index is 13.8. The van der Waals surface area contributed by atoms with Crippen LogP contribution in [0.4, 0.5) is 16.2 Å². The topological polar surface area (TPSA) is 112 Å². The summed E-state index contributed by atoms with van der Waals surface area (Å²) in [6.45, 7) is 5.57. The summed E-state index contributed by atoms with van der Waals surface area (Å²) in [4.78, 5) is 30.9. The molecule has 158 valence electrons. The van der Waals surface area contributed by atoms with E-state index in [0.29, 0.717) is 33.1 Å². The van der Waals surface area contributed by atoms with Crippen LogP contribution in [0.2, 0.25) is 0 Å². The molecule has 0 saturated carbocycles. The third kappa shape index (κ3) is 4.06. The molecule has 0 fully saturated rings. The number of aromatic nitrogens is 5. The highest BCUT2D eigenvalue weighted by Crippen LogP contribution is 2.26. The van der Waals surface area contributed by atoms with E-state index >= 15 is 0 Å². The summed E-state index contributed by atoms with van der Waals surface area (Å²) in [5.41, 5.74) is 7.74. The Kier molecular flexibility index (Phi) is 5.55. The smallest absolute Gasteiger partial charge is 0.279 e. The number of halogens is 1. The van der Waals surface area contributed by atoms with Crippen LogP contribution in [0.15, 0.2) is 52.3 Å². The van der Waals surface area contributed by atoms with Gasteiger partial charge in [0.1, 0.15) is 22.8 Å². The molecule has 8 nitrogen and oxygen atoms in total. The van der Waals surface area contributed by atoms with Crippen LogP contribution in [0, 0.1) is 12.7 Å². The van der Waals surface area contributed by atoms with E-state index in [1.54, 1.807) is 41.8 Å². The van der Waals surface area contributed by atoms with Crippen LogP contribution in [0.1, 0.15) is 25.6 Å². The van der Waals surface area contributed by atoms with Gasteiger partial charge in [-0.15, -0.1) is 0 Å². The fourth-order valence-corrected chi connectivity index (χ4v) is 3.81. The highest BCUT2D eigenvalue weighted by atomic mass is 32.2. The SMILES string of the molecule is Cc1nc(NSc2ccccc2F)ccc1-c1nc2cnc(N)nc2n(C(C)C)c1=O. The second-order valence-corrected chi connectivity index (χ2v) is 7.98. The van der Waals surface area contributed by atoms with Gasteiger partial charge in [0.25, 0.3) is 5.56 Å². The molecule has 0 unspecified atom stereocenters. The van der Waals surface area contributed by atoms with Crippen molar-refractivity contribution in [2.24, 2.45) is 0 Å². The molecule has 0 aliphatic heterocycles. The number of fused-ring (bicyclic) bond motifs is 1. The standard InChI is InChI=1S/C21H20FN7OS/c1-11(2)29-19-15(10-24-21(23)27-19)26-18(20(29)30)13-8-9-17(25-12(13)3)28-31-16-7-5-4-6-14(16)22/h4-11H,1-3H3,(H,25,28)(H2,23,24,27). The van der Waals surface area contributed by atoms with E-state index in [0.717, 1.165) is 11.9 Å². The molecule has 10 heteroatoms. The number of rotatable bonds is 5. The molecule has 0 atom stereocenters. The van der Waals surface area contributed by atoms with Gasteiger partial charge in [-0.2, -0.15) is 4.98 Å². The lowest BCUT2D eigenvalue weighted by atomic mass is 10.1. The van der Waals surface area contributed by atoms with E-state index in [1.807, 2.05) is 13.8 Å². The Bertz CT molecular complexity index is 1340. The second kappa shape index (κ2) is 8.31. The second-order valence-electron chi connectivity index (χ2n) is 7.13. The van der Waals surface area contributed by atoms with Crippen molar-refractivity contribution in [3.63, 3.8) is 0 Å². The van der Waals surface area contributed by atoms with Gasteiger partial charge in [-0.1, -0.05) is 12.1 Å². The van der Waals surface area contributed by atoms with Crippen LogP contribution in [0.5, 0.6) is 0 Å². The Morgan fingerprint density at radius 3 is 2.61 bits per heavy atom. The molecule has 4 rings (SSSR count). The molecule has 4 aromatic rings. The lowest BCUT2D eigenvalue weighted by Crippen LogP contribution is -2.26. The summed E-state index contributed by atoms with van der Waals surface area (Å²) in [6, 6.07) is 9.81. The minimum absolute atomic E-state index is 0.0801. The van der Waals surface area contributed by atoms with Crippen LogP contribution in [0.3, 0.4) is 0 Å². The number of aryl methyl sites for hydroxylation is 1. The van der Waals surface area contributed by atoms with Gasteiger partial charge in [0.05, 0.1) is 11.1 Å². The average molecular weight is 438 g/mol. The Balaban J connectivity index is 1.73. The van der Waals surface area contributed by atoms with E-state index in [1.165, 1.54) is 12.3 Å². The Labute approximate surface area is 181 Å². The minimum atomic E-state index is -0.314. The number of pyridine rings is 1. The summed E-state index contributed by atoms with van der Waals surface area (Å²) in [5, 5.41) is 0. The fraction of sp³-hybridized carbons (Fsp3) is 0.190.